The van der Waals surface area contributed by atoms with Gasteiger partial charge in [0.15, 0.2) is 0 Å². The van der Waals surface area contributed by atoms with Crippen molar-refractivity contribution < 1.29 is 14.3 Å². The van der Waals surface area contributed by atoms with Gasteiger partial charge in [-0.3, -0.25) is 9.78 Å². The Balaban J connectivity index is 1.81. The van der Waals surface area contributed by atoms with Crippen LogP contribution >= 0.6 is 11.8 Å². The van der Waals surface area contributed by atoms with Crippen LogP contribution in [0.15, 0.2) is 35.4 Å². The van der Waals surface area contributed by atoms with Crippen LogP contribution in [-0.4, -0.2) is 41.9 Å². The molecule has 2 rings (SSSR count). The first-order valence-electron chi connectivity index (χ1n) is 8.48. The topological polar surface area (TPSA) is 80.3 Å². The molecule has 0 spiro atoms. The Morgan fingerprint density at radius 2 is 1.92 bits per heavy atom. The van der Waals surface area contributed by atoms with Crippen molar-refractivity contribution in [3.63, 3.8) is 0 Å². The van der Waals surface area contributed by atoms with Gasteiger partial charge in [-0.2, -0.15) is 0 Å². The van der Waals surface area contributed by atoms with Crippen molar-refractivity contribution in [2.45, 2.75) is 37.7 Å². The molecule has 1 heterocycles. The van der Waals surface area contributed by atoms with Gasteiger partial charge >= 0.3 is 6.09 Å². The molecule has 2 amide bonds. The number of hydrogen-bond acceptors (Lipinski definition) is 5. The van der Waals surface area contributed by atoms with Crippen molar-refractivity contribution in [1.82, 2.24) is 15.6 Å². The number of rotatable bonds is 6. The number of carbonyl (C=O) groups is 2. The Bertz CT molecular complexity index is 787. The number of ether oxygens (including phenoxy) is 1. The number of pyridine rings is 1. The number of para-hydroxylation sites is 1. The molecule has 140 valence electrons. The first-order chi connectivity index (χ1) is 12.3. The molecule has 7 heteroatoms. The van der Waals surface area contributed by atoms with Gasteiger partial charge in [-0.1, -0.05) is 12.1 Å². The maximum atomic E-state index is 12.3. The van der Waals surface area contributed by atoms with Crippen LogP contribution in [-0.2, 0) is 4.74 Å². The summed E-state index contributed by atoms with van der Waals surface area (Å²) in [6.07, 6.45) is 3.76. The van der Waals surface area contributed by atoms with Gasteiger partial charge < -0.3 is 15.4 Å². The standard InChI is InChI=1S/C19H25N3O3S/c1-19(2,3)25-18(24)21-10-6-9-20-17(23)14-11-13-7-5-8-15(26-4)16(13)22-12-14/h5,7-8,11-12H,6,9-10H2,1-4H3,(H,20,23)(H,21,24). The van der Waals surface area contributed by atoms with Gasteiger partial charge in [0.1, 0.15) is 5.60 Å². The highest BCUT2D eigenvalue weighted by molar-refractivity contribution is 7.98. The molecule has 6 nitrogen and oxygen atoms in total. The lowest BCUT2D eigenvalue weighted by atomic mass is 10.1. The first kappa shape index (κ1) is 20.0. The molecule has 0 saturated carbocycles. The maximum Gasteiger partial charge on any atom is 0.407 e. The Morgan fingerprint density at radius 3 is 2.62 bits per heavy atom. The summed E-state index contributed by atoms with van der Waals surface area (Å²) in [5.74, 6) is -0.175. The smallest absolute Gasteiger partial charge is 0.407 e. The Labute approximate surface area is 158 Å². The van der Waals surface area contributed by atoms with E-state index in [1.807, 2.05) is 51.3 Å². The van der Waals surface area contributed by atoms with Crippen molar-refractivity contribution in [2.24, 2.45) is 0 Å². The molecule has 1 aromatic carbocycles. The lowest BCUT2D eigenvalue weighted by Gasteiger charge is -2.19. The molecule has 2 aromatic rings. The van der Waals surface area contributed by atoms with Crippen LogP contribution in [0.25, 0.3) is 10.9 Å². The lowest BCUT2D eigenvalue weighted by molar-refractivity contribution is 0.0527. The average Bonchev–Trinajstić information content (AvgIpc) is 2.58. The zero-order chi connectivity index (χ0) is 19.2. The van der Waals surface area contributed by atoms with Crippen LogP contribution in [0.3, 0.4) is 0 Å². The van der Waals surface area contributed by atoms with Crippen LogP contribution in [0.2, 0.25) is 0 Å². The van der Waals surface area contributed by atoms with Crippen molar-refractivity contribution in [2.75, 3.05) is 19.3 Å². The number of amides is 2. The van der Waals surface area contributed by atoms with Crippen molar-refractivity contribution in [3.8, 4) is 0 Å². The number of nitrogens with one attached hydrogen (secondary N) is 2. The number of aromatic nitrogens is 1. The second-order valence-corrected chi connectivity index (χ2v) is 7.64. The minimum absolute atomic E-state index is 0.175. The van der Waals surface area contributed by atoms with E-state index in [2.05, 4.69) is 15.6 Å². The molecule has 0 aliphatic carbocycles. The van der Waals surface area contributed by atoms with Gasteiger partial charge in [0, 0.05) is 29.6 Å². The SMILES string of the molecule is CSc1cccc2cc(C(=O)NCCCNC(=O)OC(C)(C)C)cnc12. The molecule has 0 aliphatic rings. The molecule has 1 aromatic heterocycles. The third-order valence-corrected chi connectivity index (χ3v) is 4.23. The summed E-state index contributed by atoms with van der Waals surface area (Å²) in [5, 5.41) is 6.44. The van der Waals surface area contributed by atoms with E-state index in [-0.39, 0.29) is 5.91 Å². The van der Waals surface area contributed by atoms with E-state index in [9.17, 15) is 9.59 Å². The van der Waals surface area contributed by atoms with Gasteiger partial charge in [0.25, 0.3) is 5.91 Å². The number of benzene rings is 1. The second kappa shape index (κ2) is 8.89. The van der Waals surface area contributed by atoms with E-state index in [0.717, 1.165) is 15.8 Å². The van der Waals surface area contributed by atoms with Crippen LogP contribution in [0.5, 0.6) is 0 Å². The molecular formula is C19H25N3O3S. The largest absolute Gasteiger partial charge is 0.444 e. The Hall–Kier alpha value is -2.28. The number of nitrogens with zero attached hydrogens (tertiary/aromatic N) is 1. The monoisotopic (exact) mass is 375 g/mol. The number of alkyl carbamates (subject to hydrolysis) is 1. The van der Waals surface area contributed by atoms with E-state index in [4.69, 9.17) is 4.74 Å². The normalized spacial score (nSPS) is 11.2. The van der Waals surface area contributed by atoms with E-state index < -0.39 is 11.7 Å². The first-order valence-corrected chi connectivity index (χ1v) is 9.70. The molecule has 0 bridgehead atoms. The predicted molar refractivity (Wildman–Crippen MR) is 105 cm³/mol. The van der Waals surface area contributed by atoms with Crippen LogP contribution in [0.4, 0.5) is 4.79 Å². The Morgan fingerprint density at radius 1 is 1.19 bits per heavy atom. The maximum absolute atomic E-state index is 12.3. The van der Waals surface area contributed by atoms with Crippen molar-refractivity contribution >= 4 is 34.7 Å². The van der Waals surface area contributed by atoms with Crippen LogP contribution in [0, 0.1) is 0 Å². The van der Waals surface area contributed by atoms with Crippen molar-refractivity contribution in [1.29, 1.82) is 0 Å². The van der Waals surface area contributed by atoms with Crippen LogP contribution in [0.1, 0.15) is 37.6 Å². The van der Waals surface area contributed by atoms with Gasteiger partial charge in [-0.15, -0.1) is 11.8 Å². The zero-order valence-electron chi connectivity index (χ0n) is 15.6. The number of carbonyl (C=O) groups excluding carboxylic acids is 2. The summed E-state index contributed by atoms with van der Waals surface area (Å²) in [5.41, 5.74) is 0.909. The fraction of sp³-hybridized carbons (Fsp3) is 0.421. The quantitative estimate of drug-likeness (QED) is 0.596. The third kappa shape index (κ3) is 5.91. The summed E-state index contributed by atoms with van der Waals surface area (Å²) >= 11 is 1.63. The molecule has 26 heavy (non-hydrogen) atoms. The predicted octanol–water partition coefficient (Wildman–Crippen LogP) is 3.60. The summed E-state index contributed by atoms with van der Waals surface area (Å²) in [6, 6.07) is 7.76. The molecule has 0 unspecified atom stereocenters. The molecule has 0 radical (unpaired) electrons. The van der Waals surface area contributed by atoms with Crippen molar-refractivity contribution in [3.05, 3.63) is 36.0 Å². The van der Waals surface area contributed by atoms with Gasteiger partial charge in [-0.25, -0.2) is 4.79 Å². The molecular weight excluding hydrogens is 350 g/mol. The number of thioether (sulfide) groups is 1. The summed E-state index contributed by atoms with van der Waals surface area (Å²) in [6.45, 7) is 6.32. The molecule has 0 aliphatic heterocycles. The van der Waals surface area contributed by atoms with Gasteiger partial charge in [-0.05, 0) is 45.6 Å². The second-order valence-electron chi connectivity index (χ2n) is 6.79. The summed E-state index contributed by atoms with van der Waals surface area (Å²) < 4.78 is 5.15. The minimum atomic E-state index is -0.516. The zero-order valence-corrected chi connectivity index (χ0v) is 16.4. The van der Waals surface area contributed by atoms with Gasteiger partial charge in [0.2, 0.25) is 0 Å². The van der Waals surface area contributed by atoms with Crippen LogP contribution < -0.4 is 10.6 Å². The fourth-order valence-corrected chi connectivity index (χ4v) is 2.90. The van der Waals surface area contributed by atoms with Gasteiger partial charge in [0.05, 0.1) is 11.1 Å². The Kier molecular flexibility index (Phi) is 6.85. The molecule has 2 N–H and O–H groups in total. The fourth-order valence-electron chi connectivity index (χ4n) is 2.32. The molecule has 0 atom stereocenters. The molecule has 0 fully saturated rings. The average molecular weight is 375 g/mol. The number of fused-ring (bicyclic) bond motifs is 1. The highest BCUT2D eigenvalue weighted by Gasteiger charge is 2.15. The minimum Gasteiger partial charge on any atom is -0.444 e. The van der Waals surface area contributed by atoms with E-state index in [0.29, 0.717) is 25.1 Å². The highest BCUT2D eigenvalue weighted by atomic mass is 32.2. The number of hydrogen-bond donors (Lipinski definition) is 2. The third-order valence-electron chi connectivity index (χ3n) is 3.46. The van der Waals surface area contributed by atoms with E-state index >= 15 is 0 Å². The summed E-state index contributed by atoms with van der Waals surface area (Å²) in [4.78, 5) is 29.3. The summed E-state index contributed by atoms with van der Waals surface area (Å²) in [7, 11) is 0. The lowest BCUT2D eigenvalue weighted by Crippen LogP contribution is -2.34. The van der Waals surface area contributed by atoms with E-state index in [1.165, 1.54) is 0 Å². The highest BCUT2D eigenvalue weighted by Crippen LogP contribution is 2.24. The van der Waals surface area contributed by atoms with E-state index in [1.54, 1.807) is 18.0 Å². The molecule has 0 saturated heterocycles.